The maximum Gasteiger partial charge on any atom is 0.256 e. The van der Waals surface area contributed by atoms with E-state index in [-0.39, 0.29) is 5.91 Å². The minimum Gasteiger partial charge on any atom is -0.497 e. The van der Waals surface area contributed by atoms with Crippen molar-refractivity contribution in [2.45, 2.75) is 20.3 Å². The molecule has 1 aliphatic heterocycles. The van der Waals surface area contributed by atoms with E-state index in [1.807, 2.05) is 4.90 Å². The molecule has 1 atom stereocenters. The normalized spacial score (nSPS) is 18.9. The van der Waals surface area contributed by atoms with Crippen molar-refractivity contribution in [3.05, 3.63) is 23.8 Å². The maximum absolute atomic E-state index is 12.5. The zero-order valence-corrected chi connectivity index (χ0v) is 11.8. The molecule has 1 heterocycles. The van der Waals surface area contributed by atoms with Gasteiger partial charge in [0, 0.05) is 18.8 Å². The van der Waals surface area contributed by atoms with Crippen molar-refractivity contribution in [2.75, 3.05) is 25.9 Å². The van der Waals surface area contributed by atoms with Crippen LogP contribution in [0.25, 0.3) is 0 Å². The lowest BCUT2D eigenvalue weighted by molar-refractivity contribution is 0.0784. The van der Waals surface area contributed by atoms with Gasteiger partial charge in [-0.25, -0.2) is 0 Å². The third kappa shape index (κ3) is 2.83. The molecule has 0 radical (unpaired) electrons. The third-order valence-corrected chi connectivity index (χ3v) is 3.95. The van der Waals surface area contributed by atoms with Gasteiger partial charge >= 0.3 is 0 Å². The first-order chi connectivity index (χ1) is 9.02. The predicted octanol–water partition coefficient (Wildman–Crippen LogP) is 2.40. The van der Waals surface area contributed by atoms with E-state index in [0.29, 0.717) is 28.8 Å². The van der Waals surface area contributed by atoms with Gasteiger partial charge in [-0.3, -0.25) is 4.79 Å². The second kappa shape index (κ2) is 5.51. The van der Waals surface area contributed by atoms with Gasteiger partial charge in [0.25, 0.3) is 5.91 Å². The molecule has 4 heteroatoms. The van der Waals surface area contributed by atoms with Crippen LogP contribution in [0.2, 0.25) is 0 Å². The SMILES string of the molecule is COc1ccc(N)c(C(=O)N2CCC(C(C)C)C2)c1. The highest BCUT2D eigenvalue weighted by atomic mass is 16.5. The average Bonchev–Trinajstić information content (AvgIpc) is 2.88. The zero-order valence-electron chi connectivity index (χ0n) is 11.8. The average molecular weight is 262 g/mol. The summed E-state index contributed by atoms with van der Waals surface area (Å²) in [4.78, 5) is 14.4. The minimum absolute atomic E-state index is 0.0135. The number of ether oxygens (including phenoxy) is 1. The van der Waals surface area contributed by atoms with Crippen LogP contribution in [0.1, 0.15) is 30.6 Å². The quantitative estimate of drug-likeness (QED) is 0.851. The van der Waals surface area contributed by atoms with Crippen LogP contribution >= 0.6 is 0 Å². The predicted molar refractivity (Wildman–Crippen MR) is 76.3 cm³/mol. The summed E-state index contributed by atoms with van der Waals surface area (Å²) in [6.45, 7) is 6.06. The summed E-state index contributed by atoms with van der Waals surface area (Å²) in [5.41, 5.74) is 6.96. The number of carbonyl (C=O) groups excluding carboxylic acids is 1. The van der Waals surface area contributed by atoms with Crippen LogP contribution in [0.4, 0.5) is 5.69 Å². The van der Waals surface area contributed by atoms with Crippen LogP contribution in [-0.2, 0) is 0 Å². The van der Waals surface area contributed by atoms with E-state index >= 15 is 0 Å². The molecule has 2 N–H and O–H groups in total. The van der Waals surface area contributed by atoms with Gasteiger partial charge in [-0.05, 0) is 36.5 Å². The molecule has 1 saturated heterocycles. The highest BCUT2D eigenvalue weighted by molar-refractivity contribution is 5.99. The van der Waals surface area contributed by atoms with E-state index in [4.69, 9.17) is 10.5 Å². The number of anilines is 1. The molecule has 1 aromatic rings. The van der Waals surface area contributed by atoms with Gasteiger partial charge in [-0.2, -0.15) is 0 Å². The fourth-order valence-electron chi connectivity index (χ4n) is 2.53. The lowest BCUT2D eigenvalue weighted by atomic mass is 9.95. The first kappa shape index (κ1) is 13.7. The number of likely N-dealkylation sites (tertiary alicyclic amines) is 1. The molecular weight excluding hydrogens is 240 g/mol. The number of methoxy groups -OCH3 is 1. The number of hydrogen-bond donors (Lipinski definition) is 1. The zero-order chi connectivity index (χ0) is 14.0. The Morgan fingerprint density at radius 1 is 1.47 bits per heavy atom. The number of amides is 1. The summed E-state index contributed by atoms with van der Waals surface area (Å²) in [5.74, 6) is 1.88. The van der Waals surface area contributed by atoms with Gasteiger partial charge in [0.05, 0.1) is 12.7 Å². The summed E-state index contributed by atoms with van der Waals surface area (Å²) < 4.78 is 5.16. The Balaban J connectivity index is 2.16. The molecular formula is C15H22N2O2. The molecule has 0 spiro atoms. The van der Waals surface area contributed by atoms with Gasteiger partial charge in [0.15, 0.2) is 0 Å². The molecule has 1 fully saturated rings. The van der Waals surface area contributed by atoms with Gasteiger partial charge in [-0.1, -0.05) is 13.8 Å². The Kier molecular flexibility index (Phi) is 3.98. The monoisotopic (exact) mass is 262 g/mol. The number of hydrogen-bond acceptors (Lipinski definition) is 3. The maximum atomic E-state index is 12.5. The summed E-state index contributed by atoms with van der Waals surface area (Å²) in [6.07, 6.45) is 1.08. The number of nitrogens with two attached hydrogens (primary N) is 1. The molecule has 4 nitrogen and oxygen atoms in total. The van der Waals surface area contributed by atoms with Crippen LogP contribution in [0.3, 0.4) is 0 Å². The molecule has 0 saturated carbocycles. The van der Waals surface area contributed by atoms with Crippen LogP contribution in [0, 0.1) is 11.8 Å². The van der Waals surface area contributed by atoms with Gasteiger partial charge < -0.3 is 15.4 Å². The van der Waals surface area contributed by atoms with Crippen molar-refractivity contribution in [1.29, 1.82) is 0 Å². The Labute approximate surface area is 114 Å². The molecule has 1 amide bonds. The van der Waals surface area contributed by atoms with Crippen LogP contribution in [0.5, 0.6) is 5.75 Å². The Morgan fingerprint density at radius 3 is 2.79 bits per heavy atom. The minimum atomic E-state index is 0.0135. The molecule has 0 bridgehead atoms. The van der Waals surface area contributed by atoms with E-state index in [9.17, 15) is 4.79 Å². The van der Waals surface area contributed by atoms with Crippen molar-refractivity contribution in [3.63, 3.8) is 0 Å². The second-order valence-electron chi connectivity index (χ2n) is 5.50. The first-order valence-corrected chi connectivity index (χ1v) is 6.75. The molecule has 0 aromatic heterocycles. The van der Waals surface area contributed by atoms with E-state index in [1.165, 1.54) is 0 Å². The fourth-order valence-corrected chi connectivity index (χ4v) is 2.53. The summed E-state index contributed by atoms with van der Waals surface area (Å²) in [5, 5.41) is 0. The standard InChI is InChI=1S/C15H22N2O2/c1-10(2)11-6-7-17(9-11)15(18)13-8-12(19-3)4-5-14(13)16/h4-5,8,10-11H,6-7,9,16H2,1-3H3. The first-order valence-electron chi connectivity index (χ1n) is 6.75. The number of carbonyl (C=O) groups is 1. The molecule has 1 aromatic carbocycles. The van der Waals surface area contributed by atoms with E-state index in [1.54, 1.807) is 25.3 Å². The molecule has 2 rings (SSSR count). The van der Waals surface area contributed by atoms with Crippen LogP contribution < -0.4 is 10.5 Å². The fraction of sp³-hybridized carbons (Fsp3) is 0.533. The lowest BCUT2D eigenvalue weighted by Crippen LogP contribution is -2.30. The number of nitrogen functional groups attached to an aromatic ring is 1. The highest BCUT2D eigenvalue weighted by Gasteiger charge is 2.29. The summed E-state index contributed by atoms with van der Waals surface area (Å²) in [6, 6.07) is 5.22. The highest BCUT2D eigenvalue weighted by Crippen LogP contribution is 2.27. The van der Waals surface area contributed by atoms with Crippen molar-refractivity contribution < 1.29 is 9.53 Å². The van der Waals surface area contributed by atoms with Gasteiger partial charge in [0.1, 0.15) is 5.75 Å². The van der Waals surface area contributed by atoms with Crippen molar-refractivity contribution in [1.82, 2.24) is 4.90 Å². The van der Waals surface area contributed by atoms with Gasteiger partial charge in [-0.15, -0.1) is 0 Å². The third-order valence-electron chi connectivity index (χ3n) is 3.95. The molecule has 0 aliphatic carbocycles. The smallest absolute Gasteiger partial charge is 0.256 e. The Bertz CT molecular complexity index is 471. The van der Waals surface area contributed by atoms with Crippen molar-refractivity contribution in [3.8, 4) is 5.75 Å². The molecule has 19 heavy (non-hydrogen) atoms. The van der Waals surface area contributed by atoms with Gasteiger partial charge in [0.2, 0.25) is 0 Å². The number of nitrogens with zero attached hydrogens (tertiary/aromatic N) is 1. The van der Waals surface area contributed by atoms with E-state index < -0.39 is 0 Å². The molecule has 1 unspecified atom stereocenters. The topological polar surface area (TPSA) is 55.6 Å². The number of rotatable bonds is 3. The van der Waals surface area contributed by atoms with Crippen molar-refractivity contribution >= 4 is 11.6 Å². The van der Waals surface area contributed by atoms with Crippen LogP contribution in [0.15, 0.2) is 18.2 Å². The molecule has 1 aliphatic rings. The van der Waals surface area contributed by atoms with E-state index in [0.717, 1.165) is 19.5 Å². The van der Waals surface area contributed by atoms with E-state index in [2.05, 4.69) is 13.8 Å². The van der Waals surface area contributed by atoms with Crippen molar-refractivity contribution in [2.24, 2.45) is 11.8 Å². The Hall–Kier alpha value is -1.71. The second-order valence-corrected chi connectivity index (χ2v) is 5.50. The molecule has 104 valence electrons. The summed E-state index contributed by atoms with van der Waals surface area (Å²) in [7, 11) is 1.59. The Morgan fingerprint density at radius 2 is 2.21 bits per heavy atom. The number of benzene rings is 1. The lowest BCUT2D eigenvalue weighted by Gasteiger charge is -2.19. The largest absolute Gasteiger partial charge is 0.497 e. The van der Waals surface area contributed by atoms with Crippen LogP contribution in [-0.4, -0.2) is 31.0 Å². The summed E-state index contributed by atoms with van der Waals surface area (Å²) >= 11 is 0.